The highest BCUT2D eigenvalue weighted by atomic mass is 35.5. The van der Waals surface area contributed by atoms with E-state index in [1.807, 2.05) is 6.07 Å². The van der Waals surface area contributed by atoms with Gasteiger partial charge in [0.05, 0.1) is 5.02 Å². The number of hydrogen-bond acceptors (Lipinski definition) is 4. The molecule has 0 unspecified atom stereocenters. The number of aromatic hydroxyl groups is 1. The van der Waals surface area contributed by atoms with Crippen LogP contribution < -0.4 is 10.2 Å². The van der Waals surface area contributed by atoms with Crippen molar-refractivity contribution in [3.63, 3.8) is 0 Å². The number of carbonyl (C=O) groups excluding carboxylic acids is 1. The average molecular weight is 360 g/mol. The number of carbonyl (C=O) groups is 1. The highest BCUT2D eigenvalue weighted by Crippen LogP contribution is 2.26. The molecule has 1 aliphatic rings. The van der Waals surface area contributed by atoms with Crippen LogP contribution in [-0.4, -0.2) is 48.6 Å². The van der Waals surface area contributed by atoms with E-state index in [1.54, 1.807) is 12.1 Å². The first-order chi connectivity index (χ1) is 12.1. The molecule has 0 bridgehead atoms. The minimum Gasteiger partial charge on any atom is -0.506 e. The molecule has 25 heavy (non-hydrogen) atoms. The Hall–Kier alpha value is -2.24. The summed E-state index contributed by atoms with van der Waals surface area (Å²) in [4.78, 5) is 16.8. The van der Waals surface area contributed by atoms with Gasteiger partial charge in [0.1, 0.15) is 5.75 Å². The molecule has 1 saturated heterocycles. The highest BCUT2D eigenvalue weighted by molar-refractivity contribution is 6.32. The number of phenolic OH excluding ortho intramolecular Hbond substituents is 1. The van der Waals surface area contributed by atoms with Crippen LogP contribution >= 0.6 is 11.6 Å². The third-order valence-corrected chi connectivity index (χ3v) is 4.68. The van der Waals surface area contributed by atoms with Crippen LogP contribution in [0.25, 0.3) is 0 Å². The summed E-state index contributed by atoms with van der Waals surface area (Å²) in [7, 11) is 0. The molecule has 2 N–H and O–H groups in total. The summed E-state index contributed by atoms with van der Waals surface area (Å²) in [6.07, 6.45) is 0.434. The lowest BCUT2D eigenvalue weighted by molar-refractivity contribution is -0.116. The first-order valence-corrected chi connectivity index (χ1v) is 8.80. The summed E-state index contributed by atoms with van der Waals surface area (Å²) >= 11 is 5.85. The fourth-order valence-electron chi connectivity index (χ4n) is 2.94. The Morgan fingerprint density at radius 1 is 1.08 bits per heavy atom. The zero-order valence-corrected chi connectivity index (χ0v) is 14.7. The quantitative estimate of drug-likeness (QED) is 0.805. The number of nitrogens with zero attached hydrogens (tertiary/aromatic N) is 2. The normalized spacial score (nSPS) is 15.2. The van der Waals surface area contributed by atoms with Gasteiger partial charge in [0, 0.05) is 50.5 Å². The third kappa shape index (κ3) is 4.87. The Kier molecular flexibility index (Phi) is 5.79. The molecule has 6 heteroatoms. The van der Waals surface area contributed by atoms with Gasteiger partial charge in [0.15, 0.2) is 0 Å². The summed E-state index contributed by atoms with van der Waals surface area (Å²) < 4.78 is 0. The molecule has 0 spiro atoms. The molecule has 2 aromatic carbocycles. The Balaban J connectivity index is 1.42. The zero-order chi connectivity index (χ0) is 17.6. The number of halogens is 1. The van der Waals surface area contributed by atoms with Gasteiger partial charge < -0.3 is 15.3 Å². The van der Waals surface area contributed by atoms with E-state index >= 15 is 0 Å². The van der Waals surface area contributed by atoms with Crippen molar-refractivity contribution >= 4 is 28.9 Å². The largest absolute Gasteiger partial charge is 0.506 e. The molecule has 5 nitrogen and oxygen atoms in total. The van der Waals surface area contributed by atoms with Crippen molar-refractivity contribution in [2.75, 3.05) is 42.9 Å². The monoisotopic (exact) mass is 359 g/mol. The van der Waals surface area contributed by atoms with E-state index in [9.17, 15) is 9.90 Å². The van der Waals surface area contributed by atoms with Gasteiger partial charge in [0.2, 0.25) is 5.91 Å². The number of hydrogen-bond donors (Lipinski definition) is 2. The lowest BCUT2D eigenvalue weighted by atomic mass is 10.2. The molecule has 0 aliphatic carbocycles. The van der Waals surface area contributed by atoms with Crippen LogP contribution in [0.3, 0.4) is 0 Å². The highest BCUT2D eigenvalue weighted by Gasteiger charge is 2.17. The van der Waals surface area contributed by atoms with Gasteiger partial charge in [-0.3, -0.25) is 9.69 Å². The van der Waals surface area contributed by atoms with E-state index in [2.05, 4.69) is 39.4 Å². The fraction of sp³-hybridized carbons (Fsp3) is 0.316. The van der Waals surface area contributed by atoms with Crippen molar-refractivity contribution in [1.82, 2.24) is 4.90 Å². The number of rotatable bonds is 5. The van der Waals surface area contributed by atoms with Crippen LogP contribution in [0.5, 0.6) is 5.75 Å². The SMILES string of the molecule is O=C(CCN1CCN(c2ccccc2)CC1)Nc1ccc(O)c(Cl)c1. The molecule has 0 aromatic heterocycles. The molecule has 0 radical (unpaired) electrons. The minimum atomic E-state index is -0.0488. The summed E-state index contributed by atoms with van der Waals surface area (Å²) in [6, 6.07) is 15.1. The summed E-state index contributed by atoms with van der Waals surface area (Å²) in [5.41, 5.74) is 1.85. The molecular formula is C19H22ClN3O2. The predicted octanol–water partition coefficient (Wildman–Crippen LogP) is 3.20. The van der Waals surface area contributed by atoms with E-state index in [-0.39, 0.29) is 16.7 Å². The van der Waals surface area contributed by atoms with E-state index in [1.165, 1.54) is 11.8 Å². The number of anilines is 2. The smallest absolute Gasteiger partial charge is 0.225 e. The predicted molar refractivity (Wildman–Crippen MR) is 101 cm³/mol. The van der Waals surface area contributed by atoms with Crippen LogP contribution in [0.15, 0.2) is 48.5 Å². The van der Waals surface area contributed by atoms with E-state index in [0.717, 1.165) is 32.7 Å². The van der Waals surface area contributed by atoms with Gasteiger partial charge in [-0.05, 0) is 30.3 Å². The maximum atomic E-state index is 12.1. The molecule has 1 amide bonds. The molecular weight excluding hydrogens is 338 g/mol. The van der Waals surface area contributed by atoms with Crippen LogP contribution in [0.1, 0.15) is 6.42 Å². The second kappa shape index (κ2) is 8.23. The van der Waals surface area contributed by atoms with Crippen molar-refractivity contribution in [3.8, 4) is 5.75 Å². The number of para-hydroxylation sites is 1. The van der Waals surface area contributed by atoms with Crippen LogP contribution in [-0.2, 0) is 4.79 Å². The van der Waals surface area contributed by atoms with Gasteiger partial charge in [0.25, 0.3) is 0 Å². The van der Waals surface area contributed by atoms with Gasteiger partial charge in [-0.15, -0.1) is 0 Å². The van der Waals surface area contributed by atoms with Gasteiger partial charge in [-0.25, -0.2) is 0 Å². The summed E-state index contributed by atoms with van der Waals surface area (Å²) in [5, 5.41) is 12.4. The fourth-order valence-corrected chi connectivity index (χ4v) is 3.12. The molecule has 0 saturated carbocycles. The molecule has 0 atom stereocenters. The van der Waals surface area contributed by atoms with Crippen molar-refractivity contribution in [2.24, 2.45) is 0 Å². The van der Waals surface area contributed by atoms with E-state index in [0.29, 0.717) is 12.1 Å². The lowest BCUT2D eigenvalue weighted by Gasteiger charge is -2.36. The van der Waals surface area contributed by atoms with Gasteiger partial charge in [-0.2, -0.15) is 0 Å². The summed E-state index contributed by atoms with van der Waals surface area (Å²) in [6.45, 7) is 4.58. The van der Waals surface area contributed by atoms with Crippen molar-refractivity contribution in [3.05, 3.63) is 53.6 Å². The Bertz CT molecular complexity index is 716. The van der Waals surface area contributed by atoms with Crippen molar-refractivity contribution < 1.29 is 9.90 Å². The molecule has 1 heterocycles. The third-order valence-electron chi connectivity index (χ3n) is 4.38. The van der Waals surface area contributed by atoms with Crippen molar-refractivity contribution in [1.29, 1.82) is 0 Å². The van der Waals surface area contributed by atoms with Crippen molar-refractivity contribution in [2.45, 2.75) is 6.42 Å². The van der Waals surface area contributed by atoms with Crippen LogP contribution in [0, 0.1) is 0 Å². The summed E-state index contributed by atoms with van der Waals surface area (Å²) in [5.74, 6) is -0.0387. The molecule has 2 aromatic rings. The molecule has 3 rings (SSSR count). The first-order valence-electron chi connectivity index (χ1n) is 8.42. The second-order valence-corrected chi connectivity index (χ2v) is 6.54. The van der Waals surface area contributed by atoms with E-state index < -0.39 is 0 Å². The molecule has 132 valence electrons. The van der Waals surface area contributed by atoms with Gasteiger partial charge >= 0.3 is 0 Å². The number of nitrogens with one attached hydrogen (secondary N) is 1. The second-order valence-electron chi connectivity index (χ2n) is 6.13. The Labute approximate surface area is 152 Å². The number of amides is 1. The maximum absolute atomic E-state index is 12.1. The zero-order valence-electron chi connectivity index (χ0n) is 14.0. The van der Waals surface area contributed by atoms with Crippen LogP contribution in [0.4, 0.5) is 11.4 Å². The first kappa shape index (κ1) is 17.6. The number of phenols is 1. The molecule has 1 fully saturated rings. The topological polar surface area (TPSA) is 55.8 Å². The Morgan fingerprint density at radius 3 is 2.48 bits per heavy atom. The van der Waals surface area contributed by atoms with Crippen LogP contribution in [0.2, 0.25) is 5.02 Å². The molecule has 1 aliphatic heterocycles. The van der Waals surface area contributed by atoms with E-state index in [4.69, 9.17) is 11.6 Å². The van der Waals surface area contributed by atoms with Gasteiger partial charge in [-0.1, -0.05) is 29.8 Å². The maximum Gasteiger partial charge on any atom is 0.225 e. The average Bonchev–Trinajstić information content (AvgIpc) is 2.64. The number of piperazine rings is 1. The Morgan fingerprint density at radius 2 is 1.80 bits per heavy atom. The standard InChI is InChI=1S/C19H22ClN3O2/c20-17-14-15(6-7-18(17)24)21-19(25)8-9-22-10-12-23(13-11-22)16-4-2-1-3-5-16/h1-7,14,24H,8-13H2,(H,21,25). The minimum absolute atomic E-state index is 0.0101. The lowest BCUT2D eigenvalue weighted by Crippen LogP contribution is -2.47. The number of benzene rings is 2.